The van der Waals surface area contributed by atoms with Crippen molar-refractivity contribution in [1.82, 2.24) is 14.5 Å². The molecule has 168 valence electrons. The van der Waals surface area contributed by atoms with Gasteiger partial charge in [-0.3, -0.25) is 9.59 Å². The van der Waals surface area contributed by atoms with Crippen molar-refractivity contribution in [2.45, 2.75) is 13.5 Å². The Kier molecular flexibility index (Phi) is 6.37. The third-order valence-electron chi connectivity index (χ3n) is 5.44. The number of hydrogen-bond acceptors (Lipinski definition) is 4. The summed E-state index contributed by atoms with van der Waals surface area (Å²) in [6.07, 6.45) is 0. The minimum absolute atomic E-state index is 0.0489. The lowest BCUT2D eigenvalue weighted by atomic mass is 10.1. The predicted molar refractivity (Wildman–Crippen MR) is 128 cm³/mol. The first-order chi connectivity index (χ1) is 15.9. The maximum atomic E-state index is 14.3. The topological polar surface area (TPSA) is 67.3 Å². The van der Waals surface area contributed by atoms with E-state index in [0.717, 1.165) is 15.9 Å². The van der Waals surface area contributed by atoms with E-state index in [0.29, 0.717) is 29.6 Å². The molecule has 33 heavy (non-hydrogen) atoms. The normalized spacial score (nSPS) is 10.9. The average Bonchev–Trinajstić information content (AvgIpc) is 2.83. The number of hydrogen-bond donors (Lipinski definition) is 1. The number of ether oxygens (including phenoxy) is 1. The molecule has 0 fully saturated rings. The molecule has 0 unspecified atom stereocenters. The molecule has 0 bridgehead atoms. The highest BCUT2D eigenvalue weighted by molar-refractivity contribution is 7.71. The first-order valence-corrected chi connectivity index (χ1v) is 10.8. The number of nitrogens with zero attached hydrogens (tertiary/aromatic N) is 2. The van der Waals surface area contributed by atoms with Gasteiger partial charge in [-0.05, 0) is 67.2 Å². The van der Waals surface area contributed by atoms with Crippen LogP contribution in [-0.4, -0.2) is 34.0 Å². The van der Waals surface area contributed by atoms with E-state index >= 15 is 0 Å². The lowest BCUT2D eigenvalue weighted by molar-refractivity contribution is 0.0752. The van der Waals surface area contributed by atoms with Crippen molar-refractivity contribution < 1.29 is 13.9 Å². The molecule has 1 aromatic heterocycles. The molecule has 0 aliphatic heterocycles. The monoisotopic (exact) mass is 463 g/mol. The molecule has 0 saturated heterocycles. The van der Waals surface area contributed by atoms with Crippen molar-refractivity contribution in [1.29, 1.82) is 0 Å². The Morgan fingerprint density at radius 3 is 2.52 bits per heavy atom. The molecular formula is C25H22FN3O3S. The Labute approximate surface area is 194 Å². The third-order valence-corrected chi connectivity index (χ3v) is 5.72. The van der Waals surface area contributed by atoms with Gasteiger partial charge >= 0.3 is 0 Å². The smallest absolute Gasteiger partial charge is 0.266 e. The summed E-state index contributed by atoms with van der Waals surface area (Å²) in [5, 5.41) is 0.307. The van der Waals surface area contributed by atoms with Gasteiger partial charge < -0.3 is 14.6 Å². The number of rotatable bonds is 6. The molecule has 0 aliphatic carbocycles. The van der Waals surface area contributed by atoms with E-state index in [1.54, 1.807) is 42.3 Å². The maximum absolute atomic E-state index is 14.3. The van der Waals surface area contributed by atoms with Crippen LogP contribution in [0.5, 0.6) is 5.75 Å². The molecule has 1 amide bonds. The van der Waals surface area contributed by atoms with Gasteiger partial charge in [0, 0.05) is 18.7 Å². The Hall–Kier alpha value is -3.78. The molecule has 1 N–H and O–H groups in total. The second-order valence-corrected chi connectivity index (χ2v) is 7.84. The van der Waals surface area contributed by atoms with Crippen molar-refractivity contribution in [3.63, 3.8) is 0 Å². The zero-order valence-electron chi connectivity index (χ0n) is 18.2. The van der Waals surface area contributed by atoms with E-state index in [2.05, 4.69) is 4.98 Å². The summed E-state index contributed by atoms with van der Waals surface area (Å²) in [4.78, 5) is 30.9. The van der Waals surface area contributed by atoms with E-state index in [9.17, 15) is 14.0 Å². The fraction of sp³-hybridized carbons (Fsp3) is 0.160. The number of aromatic amines is 1. The minimum atomic E-state index is -0.553. The van der Waals surface area contributed by atoms with Crippen LogP contribution in [0.1, 0.15) is 22.8 Å². The van der Waals surface area contributed by atoms with Crippen LogP contribution in [0.25, 0.3) is 16.6 Å². The number of amides is 1. The van der Waals surface area contributed by atoms with E-state index in [1.807, 2.05) is 31.2 Å². The SMILES string of the molecule is CCN(Cc1ccc(OC)cc1)C(=O)c1ccc2c(=O)n(-c3ccccc3F)c(=S)[nH]c2c1. The number of fused-ring (bicyclic) bond motifs is 1. The molecule has 1 heterocycles. The molecular weight excluding hydrogens is 441 g/mol. The number of aromatic nitrogens is 2. The molecule has 8 heteroatoms. The van der Waals surface area contributed by atoms with Crippen LogP contribution >= 0.6 is 12.2 Å². The zero-order valence-corrected chi connectivity index (χ0v) is 19.0. The van der Waals surface area contributed by atoms with E-state index in [-0.39, 0.29) is 16.4 Å². The summed E-state index contributed by atoms with van der Waals surface area (Å²) in [6.45, 7) is 2.85. The highest BCUT2D eigenvalue weighted by atomic mass is 32.1. The Morgan fingerprint density at radius 1 is 1.12 bits per heavy atom. The average molecular weight is 464 g/mol. The molecule has 4 rings (SSSR count). The number of methoxy groups -OCH3 is 1. The Balaban J connectivity index is 1.69. The fourth-order valence-electron chi connectivity index (χ4n) is 3.66. The molecule has 0 radical (unpaired) electrons. The molecule has 3 aromatic carbocycles. The minimum Gasteiger partial charge on any atom is -0.497 e. The van der Waals surface area contributed by atoms with Crippen LogP contribution < -0.4 is 10.3 Å². The van der Waals surface area contributed by atoms with Crippen molar-refractivity contribution in [3.05, 3.63) is 98.8 Å². The molecule has 0 aliphatic rings. The van der Waals surface area contributed by atoms with Gasteiger partial charge in [-0.25, -0.2) is 8.96 Å². The number of benzene rings is 3. The summed E-state index contributed by atoms with van der Waals surface area (Å²) in [7, 11) is 1.60. The van der Waals surface area contributed by atoms with Crippen LogP contribution in [0.3, 0.4) is 0 Å². The summed E-state index contributed by atoms with van der Waals surface area (Å²) in [5.74, 6) is 0.0223. The van der Waals surface area contributed by atoms with Gasteiger partial charge in [0.1, 0.15) is 11.6 Å². The zero-order chi connectivity index (χ0) is 23.5. The van der Waals surface area contributed by atoms with Gasteiger partial charge in [0.05, 0.1) is 23.7 Å². The van der Waals surface area contributed by atoms with E-state index in [4.69, 9.17) is 17.0 Å². The Bertz CT molecular complexity index is 1440. The summed E-state index contributed by atoms with van der Waals surface area (Å²) >= 11 is 5.33. The first kappa shape index (κ1) is 22.4. The van der Waals surface area contributed by atoms with Crippen molar-refractivity contribution >= 4 is 29.0 Å². The predicted octanol–water partition coefficient (Wildman–Crippen LogP) is 4.86. The molecule has 0 atom stereocenters. The summed E-state index contributed by atoms with van der Waals surface area (Å²) in [5.41, 5.74) is 1.43. The van der Waals surface area contributed by atoms with Crippen LogP contribution in [0.4, 0.5) is 4.39 Å². The second-order valence-electron chi connectivity index (χ2n) is 7.45. The maximum Gasteiger partial charge on any atom is 0.266 e. The van der Waals surface area contributed by atoms with E-state index < -0.39 is 11.4 Å². The van der Waals surface area contributed by atoms with Gasteiger partial charge in [-0.1, -0.05) is 24.3 Å². The van der Waals surface area contributed by atoms with Gasteiger partial charge in [0.15, 0.2) is 4.77 Å². The quantitative estimate of drug-likeness (QED) is 0.415. The number of H-pyrrole nitrogens is 1. The summed E-state index contributed by atoms with van der Waals surface area (Å²) < 4.78 is 20.6. The first-order valence-electron chi connectivity index (χ1n) is 10.4. The van der Waals surface area contributed by atoms with Crippen LogP contribution in [0.2, 0.25) is 0 Å². The fourth-order valence-corrected chi connectivity index (χ4v) is 3.96. The van der Waals surface area contributed by atoms with Gasteiger partial charge in [-0.2, -0.15) is 0 Å². The highest BCUT2D eigenvalue weighted by Crippen LogP contribution is 2.18. The standard InChI is InChI=1S/C25H22FN3O3S/c1-3-28(15-16-8-11-18(32-2)12-9-16)23(30)17-10-13-19-21(14-17)27-25(33)29(24(19)31)22-7-5-4-6-20(22)26/h4-14H,3,15H2,1-2H3,(H,27,33). The molecule has 6 nitrogen and oxygen atoms in total. The van der Waals surface area contributed by atoms with Crippen molar-refractivity contribution in [3.8, 4) is 11.4 Å². The van der Waals surface area contributed by atoms with Gasteiger partial charge in [0.2, 0.25) is 0 Å². The summed E-state index contributed by atoms with van der Waals surface area (Å²) in [6, 6.07) is 18.2. The van der Waals surface area contributed by atoms with Crippen molar-refractivity contribution in [2.75, 3.05) is 13.7 Å². The second kappa shape index (κ2) is 9.38. The molecule has 0 spiro atoms. The van der Waals surface area contributed by atoms with Gasteiger partial charge in [-0.15, -0.1) is 0 Å². The third kappa shape index (κ3) is 4.42. The number of carbonyl (C=O) groups excluding carboxylic acids is 1. The van der Waals surface area contributed by atoms with Crippen LogP contribution in [-0.2, 0) is 6.54 Å². The molecule has 0 saturated carbocycles. The highest BCUT2D eigenvalue weighted by Gasteiger charge is 2.17. The number of carbonyl (C=O) groups is 1. The lowest BCUT2D eigenvalue weighted by Crippen LogP contribution is -2.30. The van der Waals surface area contributed by atoms with E-state index in [1.165, 1.54) is 12.1 Å². The van der Waals surface area contributed by atoms with Crippen molar-refractivity contribution in [2.24, 2.45) is 0 Å². The van der Waals surface area contributed by atoms with Crippen LogP contribution in [0.15, 0.2) is 71.5 Å². The van der Waals surface area contributed by atoms with Gasteiger partial charge in [0.25, 0.3) is 11.5 Å². The largest absolute Gasteiger partial charge is 0.497 e. The molecule has 4 aromatic rings. The number of para-hydroxylation sites is 1. The lowest BCUT2D eigenvalue weighted by Gasteiger charge is -2.21. The Morgan fingerprint density at radius 2 is 1.85 bits per heavy atom. The number of nitrogens with one attached hydrogen (secondary N) is 1. The van der Waals surface area contributed by atoms with Crippen LogP contribution in [0, 0.1) is 10.6 Å². The number of halogens is 1.